The Kier molecular flexibility index (Phi) is 8.67. The van der Waals surface area contributed by atoms with E-state index in [-0.39, 0.29) is 18.1 Å². The van der Waals surface area contributed by atoms with E-state index in [1.54, 1.807) is 29.2 Å². The zero-order chi connectivity index (χ0) is 29.8. The molecular weight excluding hydrogens is 538 g/mol. The van der Waals surface area contributed by atoms with Crippen molar-refractivity contribution >= 4 is 17.8 Å². The van der Waals surface area contributed by atoms with Crippen molar-refractivity contribution in [3.63, 3.8) is 0 Å². The van der Waals surface area contributed by atoms with E-state index in [4.69, 9.17) is 4.74 Å². The van der Waals surface area contributed by atoms with Crippen LogP contribution in [-0.2, 0) is 17.8 Å². The number of aromatic nitrogens is 2. The quantitative estimate of drug-likeness (QED) is 0.360. The highest BCUT2D eigenvalue weighted by Gasteiger charge is 2.24. The number of nitrogens with zero attached hydrogens (tertiary/aromatic N) is 4. The van der Waals surface area contributed by atoms with Crippen LogP contribution in [0.25, 0.3) is 6.08 Å². The average Bonchev–Trinajstić information content (AvgIpc) is 3.65. The highest BCUT2D eigenvalue weighted by Crippen LogP contribution is 2.34. The predicted molar refractivity (Wildman–Crippen MR) is 168 cm³/mol. The fourth-order valence-electron chi connectivity index (χ4n) is 5.74. The van der Waals surface area contributed by atoms with E-state index in [1.807, 2.05) is 6.07 Å². The monoisotopic (exact) mass is 577 g/mol. The Bertz CT molecular complexity index is 1590. The number of likely N-dealkylation sites (N-methyl/N-ethyl adjacent to an activating group) is 1. The summed E-state index contributed by atoms with van der Waals surface area (Å²) in [6, 6.07) is 14.4. The van der Waals surface area contributed by atoms with E-state index in [1.165, 1.54) is 11.1 Å². The maximum atomic E-state index is 13.0. The number of Topliss-reactive ketones (excluding diaryl/α,β-unsaturated/α-hetero) is 1. The van der Waals surface area contributed by atoms with Gasteiger partial charge in [0.25, 0.3) is 5.91 Å². The lowest BCUT2D eigenvalue weighted by molar-refractivity contribution is -0.114. The first-order chi connectivity index (χ1) is 20.9. The SMILES string of the molecule is Cc1ccc(Cn2cc(C(=O)NC3=CCC(=O)C(C4=Cc5cc(OCCCN6CCN(C)CC6)ccc5C4)=C3)cn2)cc1. The van der Waals surface area contributed by atoms with Gasteiger partial charge in [-0.05, 0) is 67.3 Å². The summed E-state index contributed by atoms with van der Waals surface area (Å²) in [6.07, 6.45) is 10.9. The van der Waals surface area contributed by atoms with Crippen LogP contribution in [0.3, 0.4) is 0 Å². The summed E-state index contributed by atoms with van der Waals surface area (Å²) < 4.78 is 7.83. The second-order valence-corrected chi connectivity index (χ2v) is 11.8. The zero-order valence-corrected chi connectivity index (χ0v) is 25.0. The number of ketones is 1. The molecular formula is C35H39N5O3. The van der Waals surface area contributed by atoms with Crippen LogP contribution in [0.15, 0.2) is 83.9 Å². The highest BCUT2D eigenvalue weighted by atomic mass is 16.5. The van der Waals surface area contributed by atoms with Crippen molar-refractivity contribution in [1.82, 2.24) is 24.9 Å². The minimum Gasteiger partial charge on any atom is -0.494 e. The molecule has 0 radical (unpaired) electrons. The van der Waals surface area contributed by atoms with Crippen LogP contribution in [0, 0.1) is 6.92 Å². The number of hydrogen-bond donors (Lipinski definition) is 1. The molecule has 0 saturated carbocycles. The molecule has 1 aliphatic heterocycles. The summed E-state index contributed by atoms with van der Waals surface area (Å²) in [5.41, 5.74) is 7.31. The van der Waals surface area contributed by atoms with Crippen molar-refractivity contribution in [3.8, 4) is 5.75 Å². The number of aryl methyl sites for hydroxylation is 1. The molecule has 0 atom stereocenters. The molecule has 2 heterocycles. The van der Waals surface area contributed by atoms with Gasteiger partial charge in [-0.3, -0.25) is 14.3 Å². The molecule has 1 N–H and O–H groups in total. The Balaban J connectivity index is 1.04. The lowest BCUT2D eigenvalue weighted by atomic mass is 9.93. The first-order valence-corrected chi connectivity index (χ1v) is 15.1. The summed E-state index contributed by atoms with van der Waals surface area (Å²) in [5.74, 6) is 0.669. The number of benzene rings is 2. The number of hydrogen-bond acceptors (Lipinski definition) is 6. The number of nitrogens with one attached hydrogen (secondary N) is 1. The number of allylic oxidation sites excluding steroid dienone is 4. The molecule has 1 aromatic heterocycles. The second-order valence-electron chi connectivity index (χ2n) is 11.8. The summed E-state index contributed by atoms with van der Waals surface area (Å²) in [4.78, 5) is 30.8. The summed E-state index contributed by atoms with van der Waals surface area (Å²) >= 11 is 0. The van der Waals surface area contributed by atoms with Gasteiger partial charge in [0.05, 0.1) is 24.9 Å². The van der Waals surface area contributed by atoms with Gasteiger partial charge in [0, 0.05) is 56.6 Å². The van der Waals surface area contributed by atoms with E-state index >= 15 is 0 Å². The van der Waals surface area contributed by atoms with E-state index in [0.717, 1.165) is 61.6 Å². The normalized spacial score (nSPS) is 17.3. The Morgan fingerprint density at radius 3 is 2.67 bits per heavy atom. The van der Waals surface area contributed by atoms with E-state index in [2.05, 4.69) is 76.7 Å². The molecule has 2 aromatic carbocycles. The molecule has 1 saturated heterocycles. The van der Waals surface area contributed by atoms with Crippen LogP contribution in [0.1, 0.15) is 45.5 Å². The van der Waals surface area contributed by atoms with Gasteiger partial charge < -0.3 is 19.9 Å². The molecule has 3 aliphatic rings. The molecule has 3 aromatic rings. The molecule has 43 heavy (non-hydrogen) atoms. The smallest absolute Gasteiger partial charge is 0.258 e. The topological polar surface area (TPSA) is 79.7 Å². The molecule has 222 valence electrons. The number of fused-ring (bicyclic) bond motifs is 1. The van der Waals surface area contributed by atoms with Crippen LogP contribution in [0.2, 0.25) is 0 Å². The van der Waals surface area contributed by atoms with Crippen LogP contribution < -0.4 is 10.1 Å². The van der Waals surface area contributed by atoms with Crippen molar-refractivity contribution in [2.45, 2.75) is 32.7 Å². The lowest BCUT2D eigenvalue weighted by Gasteiger charge is -2.32. The van der Waals surface area contributed by atoms with Crippen molar-refractivity contribution in [2.24, 2.45) is 0 Å². The first-order valence-electron chi connectivity index (χ1n) is 15.1. The Hall–Kier alpha value is -4.27. The molecule has 1 amide bonds. The minimum atomic E-state index is -0.246. The Morgan fingerprint density at radius 2 is 1.86 bits per heavy atom. The van der Waals surface area contributed by atoms with Crippen molar-refractivity contribution in [2.75, 3.05) is 46.4 Å². The maximum Gasteiger partial charge on any atom is 0.258 e. The molecule has 6 rings (SSSR count). The van der Waals surface area contributed by atoms with Crippen LogP contribution >= 0.6 is 0 Å². The third-order valence-corrected chi connectivity index (χ3v) is 8.38. The molecule has 0 unspecified atom stereocenters. The number of piperazine rings is 1. The molecule has 1 fully saturated rings. The molecule has 0 spiro atoms. The number of amides is 1. The summed E-state index contributed by atoms with van der Waals surface area (Å²) in [5, 5.41) is 7.32. The van der Waals surface area contributed by atoms with E-state index < -0.39 is 0 Å². The molecule has 8 nitrogen and oxygen atoms in total. The van der Waals surface area contributed by atoms with Gasteiger partial charge in [-0.2, -0.15) is 5.10 Å². The Morgan fingerprint density at radius 1 is 1.05 bits per heavy atom. The minimum absolute atomic E-state index is 0.0587. The number of rotatable bonds is 10. The van der Waals surface area contributed by atoms with Gasteiger partial charge in [-0.1, -0.05) is 48.0 Å². The fourth-order valence-corrected chi connectivity index (χ4v) is 5.74. The standard InChI is InChI=1S/C35H39N5O3/c1-25-4-6-26(7-5-25)23-40-24-30(22-36-40)35(42)37-31-9-11-34(41)33(21-31)29-18-27-8-10-32(20-28(27)19-29)43-17-3-12-39-15-13-38(2)14-16-39/h4-10,19-22,24H,3,11-18,23H2,1-2H3,(H,37,42). The van der Waals surface area contributed by atoms with E-state index in [9.17, 15) is 9.59 Å². The summed E-state index contributed by atoms with van der Waals surface area (Å²) in [7, 11) is 2.17. The van der Waals surface area contributed by atoms with Gasteiger partial charge >= 0.3 is 0 Å². The number of carbonyl (C=O) groups is 2. The largest absolute Gasteiger partial charge is 0.494 e. The van der Waals surface area contributed by atoms with Gasteiger partial charge in [-0.25, -0.2) is 0 Å². The zero-order valence-electron chi connectivity index (χ0n) is 25.0. The molecule has 2 aliphatic carbocycles. The van der Waals surface area contributed by atoms with Crippen molar-refractivity contribution < 1.29 is 14.3 Å². The van der Waals surface area contributed by atoms with Crippen molar-refractivity contribution in [1.29, 1.82) is 0 Å². The van der Waals surface area contributed by atoms with Gasteiger partial charge in [0.15, 0.2) is 5.78 Å². The van der Waals surface area contributed by atoms with Crippen LogP contribution in [0.5, 0.6) is 5.75 Å². The van der Waals surface area contributed by atoms with Gasteiger partial charge in [0.2, 0.25) is 0 Å². The third kappa shape index (κ3) is 7.21. The fraction of sp³-hybridized carbons (Fsp3) is 0.343. The van der Waals surface area contributed by atoms with E-state index in [0.29, 0.717) is 36.4 Å². The second kappa shape index (κ2) is 12.9. The third-order valence-electron chi connectivity index (χ3n) is 8.38. The summed E-state index contributed by atoms with van der Waals surface area (Å²) in [6.45, 7) is 8.89. The van der Waals surface area contributed by atoms with Crippen LogP contribution in [0.4, 0.5) is 0 Å². The number of carbonyl (C=O) groups excluding carboxylic acids is 2. The molecule has 8 heteroatoms. The lowest BCUT2D eigenvalue weighted by Crippen LogP contribution is -2.44. The first kappa shape index (κ1) is 28.8. The van der Waals surface area contributed by atoms with Gasteiger partial charge in [0.1, 0.15) is 5.75 Å². The highest BCUT2D eigenvalue weighted by molar-refractivity contribution is 6.04. The number of ether oxygens (including phenoxy) is 1. The predicted octanol–water partition coefficient (Wildman–Crippen LogP) is 4.41. The Labute approximate surface area is 253 Å². The van der Waals surface area contributed by atoms with Crippen LogP contribution in [-0.4, -0.2) is 77.6 Å². The maximum absolute atomic E-state index is 13.0. The molecule has 0 bridgehead atoms. The van der Waals surface area contributed by atoms with Crippen molar-refractivity contribution in [3.05, 3.63) is 112 Å². The average molecular weight is 578 g/mol. The van der Waals surface area contributed by atoms with Gasteiger partial charge in [-0.15, -0.1) is 0 Å².